The van der Waals surface area contributed by atoms with Crippen LogP contribution in [0.3, 0.4) is 0 Å². The van der Waals surface area contributed by atoms with Gasteiger partial charge in [-0.1, -0.05) is 0 Å². The molecule has 1 aliphatic heterocycles. The van der Waals surface area contributed by atoms with E-state index in [0.717, 1.165) is 5.01 Å². The molecule has 1 saturated heterocycles. The topological polar surface area (TPSA) is 153 Å². The molecule has 11 nitrogen and oxygen atoms in total. The maximum atomic E-state index is 13.3. The van der Waals surface area contributed by atoms with Gasteiger partial charge in [0.2, 0.25) is 0 Å². The molecule has 2 heterocycles. The number of nitrogens with two attached hydrogens (primary N) is 2. The third-order valence-corrected chi connectivity index (χ3v) is 5.98. The third kappa shape index (κ3) is 5.27. The number of likely N-dealkylation sites (tertiary alicyclic amines) is 1. The van der Waals surface area contributed by atoms with Gasteiger partial charge in [-0.2, -0.15) is 10.4 Å². The van der Waals surface area contributed by atoms with Crippen molar-refractivity contribution in [2.75, 3.05) is 31.8 Å². The Morgan fingerprint density at radius 3 is 2.53 bits per heavy atom. The summed E-state index contributed by atoms with van der Waals surface area (Å²) in [6, 6.07) is 7.53. The molecule has 4 N–H and O–H groups in total. The molecular formula is C22H28FN7O4. The van der Waals surface area contributed by atoms with E-state index in [4.69, 9.17) is 21.1 Å². The summed E-state index contributed by atoms with van der Waals surface area (Å²) in [6.07, 6.45) is 1.68. The normalized spacial score (nSPS) is 15.9. The van der Waals surface area contributed by atoms with Gasteiger partial charge in [-0.25, -0.2) is 15.0 Å². The monoisotopic (exact) mass is 473 g/mol. The van der Waals surface area contributed by atoms with Gasteiger partial charge in [-0.15, -0.1) is 0 Å². The summed E-state index contributed by atoms with van der Waals surface area (Å²) < 4.78 is 25.2. The minimum Gasteiger partial charge on any atom is -0.447 e. The molecule has 2 amide bonds. The number of nitrogens with zero attached hydrogens (tertiary/aromatic N) is 5. The zero-order valence-corrected chi connectivity index (χ0v) is 19.1. The van der Waals surface area contributed by atoms with Crippen LogP contribution in [-0.4, -0.2) is 59.6 Å². The number of ether oxygens (including phenoxy) is 2. The summed E-state index contributed by atoms with van der Waals surface area (Å²) in [7, 11) is 1.53. The summed E-state index contributed by atoms with van der Waals surface area (Å²) in [5.41, 5.74) is 5.24. The number of carbonyl (C=O) groups is 2. The molecule has 12 heteroatoms. The Morgan fingerprint density at radius 2 is 1.97 bits per heavy atom. The number of nitriles is 1. The predicted molar refractivity (Wildman–Crippen MR) is 120 cm³/mol. The van der Waals surface area contributed by atoms with Gasteiger partial charge < -0.3 is 20.1 Å². The molecular weight excluding hydrogens is 445 g/mol. The van der Waals surface area contributed by atoms with Crippen LogP contribution in [0.25, 0.3) is 0 Å². The molecule has 182 valence electrons. The summed E-state index contributed by atoms with van der Waals surface area (Å²) in [5, 5.41) is 15.2. The Balaban J connectivity index is 1.84. The lowest BCUT2D eigenvalue weighted by atomic mass is 9.85. The van der Waals surface area contributed by atoms with E-state index in [2.05, 4.69) is 11.2 Å². The highest BCUT2D eigenvalue weighted by Crippen LogP contribution is 2.36. The Hall–Kier alpha value is -3.69. The minimum absolute atomic E-state index is 0.0551. The Labute approximate surface area is 196 Å². The Morgan fingerprint density at radius 1 is 1.32 bits per heavy atom. The molecule has 0 radical (unpaired) electrons. The van der Waals surface area contributed by atoms with Crippen molar-refractivity contribution in [3.63, 3.8) is 0 Å². The van der Waals surface area contributed by atoms with Gasteiger partial charge in [0.15, 0.2) is 5.82 Å². The number of rotatable bonds is 8. The van der Waals surface area contributed by atoms with Crippen molar-refractivity contribution >= 4 is 23.5 Å². The number of carbonyl (C=O) groups excluding carboxylic acids is 2. The fourth-order valence-corrected chi connectivity index (χ4v) is 3.77. The highest BCUT2D eigenvalue weighted by atomic mass is 19.1. The lowest BCUT2D eigenvalue weighted by Gasteiger charge is -2.40. The minimum atomic E-state index is -0.780. The van der Waals surface area contributed by atoms with Gasteiger partial charge in [0, 0.05) is 26.4 Å². The second-order valence-electron chi connectivity index (χ2n) is 8.19. The van der Waals surface area contributed by atoms with Crippen molar-refractivity contribution in [3.05, 3.63) is 41.8 Å². The number of amides is 2. The smallest absolute Gasteiger partial charge is 0.409 e. The van der Waals surface area contributed by atoms with E-state index in [1.54, 1.807) is 11.8 Å². The number of aromatic nitrogens is 2. The van der Waals surface area contributed by atoms with Crippen LogP contribution in [0.1, 0.15) is 36.5 Å². The average Bonchev–Trinajstić information content (AvgIpc) is 3.29. The maximum absolute atomic E-state index is 13.3. The third-order valence-electron chi connectivity index (χ3n) is 5.98. The molecule has 0 bridgehead atoms. The summed E-state index contributed by atoms with van der Waals surface area (Å²) >= 11 is 0. The van der Waals surface area contributed by atoms with Gasteiger partial charge in [-0.3, -0.25) is 14.5 Å². The number of hydrogen-bond acceptors (Lipinski definition) is 8. The molecule has 1 aromatic carbocycles. The molecule has 0 aliphatic carbocycles. The van der Waals surface area contributed by atoms with Crippen molar-refractivity contribution < 1.29 is 23.5 Å². The maximum Gasteiger partial charge on any atom is 0.409 e. The van der Waals surface area contributed by atoms with Gasteiger partial charge in [-0.05, 0) is 44.0 Å². The fraction of sp³-hybridized carbons (Fsp3) is 0.455. The van der Waals surface area contributed by atoms with Gasteiger partial charge in [0.05, 0.1) is 29.8 Å². The van der Waals surface area contributed by atoms with Gasteiger partial charge in [0.25, 0.3) is 5.91 Å². The van der Waals surface area contributed by atoms with Crippen molar-refractivity contribution in [1.29, 1.82) is 5.26 Å². The van der Waals surface area contributed by atoms with E-state index < -0.39 is 23.4 Å². The van der Waals surface area contributed by atoms with Crippen LogP contribution in [-0.2, 0) is 15.0 Å². The quantitative estimate of drug-likeness (QED) is 0.436. The second-order valence-corrected chi connectivity index (χ2v) is 8.19. The number of hydrazine groups is 1. The SMILES string of the molecule is COC(C)COC(=O)N1CCC(CC#N)(n2cc(C(N)=O)c(N(N)c3ccc(F)cc3)n2)CC1. The van der Waals surface area contributed by atoms with Gasteiger partial charge >= 0.3 is 6.09 Å². The second kappa shape index (κ2) is 10.5. The first kappa shape index (κ1) is 24.9. The van der Waals surface area contributed by atoms with Crippen LogP contribution in [0.15, 0.2) is 30.5 Å². The molecule has 1 atom stereocenters. The fourth-order valence-electron chi connectivity index (χ4n) is 3.77. The molecule has 0 spiro atoms. The first-order chi connectivity index (χ1) is 16.2. The molecule has 1 fully saturated rings. The molecule has 0 saturated carbocycles. The van der Waals surface area contributed by atoms with E-state index in [-0.39, 0.29) is 30.5 Å². The van der Waals surface area contributed by atoms with Crippen LogP contribution in [0.4, 0.5) is 20.7 Å². The van der Waals surface area contributed by atoms with Crippen molar-refractivity contribution in [2.24, 2.45) is 11.6 Å². The molecule has 1 aromatic heterocycles. The number of benzene rings is 1. The van der Waals surface area contributed by atoms with Crippen LogP contribution < -0.4 is 16.6 Å². The van der Waals surface area contributed by atoms with Gasteiger partial charge in [0.1, 0.15) is 18.0 Å². The number of methoxy groups -OCH3 is 1. The average molecular weight is 474 g/mol. The van der Waals surface area contributed by atoms with E-state index >= 15 is 0 Å². The predicted octanol–water partition coefficient (Wildman–Crippen LogP) is 2.01. The lowest BCUT2D eigenvalue weighted by Crippen LogP contribution is -2.48. The van der Waals surface area contributed by atoms with Crippen molar-refractivity contribution in [1.82, 2.24) is 14.7 Å². The molecule has 3 rings (SSSR count). The summed E-state index contributed by atoms with van der Waals surface area (Å²) in [4.78, 5) is 26.1. The van der Waals surface area contributed by atoms with E-state index in [1.807, 2.05) is 0 Å². The number of hydrogen-bond donors (Lipinski definition) is 2. The summed E-state index contributed by atoms with van der Waals surface area (Å²) in [6.45, 7) is 2.58. The van der Waals surface area contributed by atoms with Crippen molar-refractivity contribution in [3.8, 4) is 6.07 Å². The summed E-state index contributed by atoms with van der Waals surface area (Å²) in [5.74, 6) is 5.07. The highest BCUT2D eigenvalue weighted by Gasteiger charge is 2.40. The van der Waals surface area contributed by atoms with Crippen molar-refractivity contribution in [2.45, 2.75) is 37.8 Å². The molecule has 1 unspecified atom stereocenters. The number of anilines is 2. The van der Waals surface area contributed by atoms with E-state index in [9.17, 15) is 19.2 Å². The zero-order valence-electron chi connectivity index (χ0n) is 19.1. The molecule has 34 heavy (non-hydrogen) atoms. The van der Waals surface area contributed by atoms with E-state index in [1.165, 1.54) is 42.3 Å². The van der Waals surface area contributed by atoms with Crippen LogP contribution in [0.5, 0.6) is 0 Å². The lowest BCUT2D eigenvalue weighted by molar-refractivity contribution is 0.0210. The first-order valence-electron chi connectivity index (χ1n) is 10.7. The highest BCUT2D eigenvalue weighted by molar-refractivity contribution is 5.98. The van der Waals surface area contributed by atoms with E-state index in [0.29, 0.717) is 31.6 Å². The zero-order chi connectivity index (χ0) is 24.9. The Kier molecular flexibility index (Phi) is 7.70. The number of piperidine rings is 1. The van der Waals surface area contributed by atoms with Crippen LogP contribution >= 0.6 is 0 Å². The standard InChI is InChI=1S/C22H28FN7O4/c1-15(33-2)14-34-21(32)28-11-8-22(7-10-24,9-12-28)29-13-18(19(25)31)20(27-29)30(26)17-5-3-16(23)4-6-17/h3-6,13,15H,7-9,11-12,14,26H2,1-2H3,(H2,25,31). The molecule has 1 aliphatic rings. The Bertz CT molecular complexity index is 1060. The number of halogens is 1. The molecule has 2 aromatic rings. The van der Waals surface area contributed by atoms with Crippen LogP contribution in [0, 0.1) is 17.1 Å². The first-order valence-corrected chi connectivity index (χ1v) is 10.7. The number of primary amides is 1. The van der Waals surface area contributed by atoms with Crippen LogP contribution in [0.2, 0.25) is 0 Å². The largest absolute Gasteiger partial charge is 0.447 e.